The van der Waals surface area contributed by atoms with Crippen molar-refractivity contribution in [1.82, 2.24) is 9.80 Å². The van der Waals surface area contributed by atoms with Gasteiger partial charge in [-0.2, -0.15) is 0 Å². The van der Waals surface area contributed by atoms with Gasteiger partial charge in [0.15, 0.2) is 0 Å². The molecule has 0 saturated carbocycles. The van der Waals surface area contributed by atoms with E-state index >= 15 is 0 Å². The van der Waals surface area contributed by atoms with E-state index in [2.05, 4.69) is 23.6 Å². The molecule has 0 radical (unpaired) electrons. The Kier molecular flexibility index (Phi) is 6.23. The van der Waals surface area contributed by atoms with Crippen LogP contribution >= 0.6 is 0 Å². The van der Waals surface area contributed by atoms with Crippen molar-refractivity contribution < 1.29 is 9.90 Å². The zero-order chi connectivity index (χ0) is 14.5. The van der Waals surface area contributed by atoms with Crippen molar-refractivity contribution in [2.45, 2.75) is 51.6 Å². The number of carboxylic acids is 1. The van der Waals surface area contributed by atoms with E-state index in [0.29, 0.717) is 12.5 Å². The van der Waals surface area contributed by atoms with Gasteiger partial charge in [0.05, 0.1) is 0 Å². The van der Waals surface area contributed by atoms with Crippen molar-refractivity contribution >= 4 is 5.97 Å². The minimum Gasteiger partial charge on any atom is -0.480 e. The highest BCUT2D eigenvalue weighted by molar-refractivity contribution is 5.77. The highest BCUT2D eigenvalue weighted by atomic mass is 16.4. The fourth-order valence-corrected chi connectivity index (χ4v) is 2.83. The standard InChI is InChI=1S/C14H29N3O2/c1-4-17(5-2)12-7-10-16(11-12)9-6-8-14(3,15)13(18)19/h12H,4-11,15H2,1-3H3,(H,18,19). The van der Waals surface area contributed by atoms with E-state index < -0.39 is 11.5 Å². The third-order valence-electron chi connectivity index (χ3n) is 4.24. The van der Waals surface area contributed by atoms with Crippen molar-refractivity contribution in [2.24, 2.45) is 5.73 Å². The Labute approximate surface area is 116 Å². The Hall–Kier alpha value is -0.650. The summed E-state index contributed by atoms with van der Waals surface area (Å²) in [6.07, 6.45) is 2.61. The topological polar surface area (TPSA) is 69.8 Å². The van der Waals surface area contributed by atoms with Crippen LogP contribution in [0.15, 0.2) is 0 Å². The number of hydrogen-bond acceptors (Lipinski definition) is 4. The molecule has 1 aliphatic heterocycles. The quantitative estimate of drug-likeness (QED) is 0.689. The first-order chi connectivity index (χ1) is 8.90. The van der Waals surface area contributed by atoms with E-state index in [4.69, 9.17) is 10.8 Å². The van der Waals surface area contributed by atoms with Crippen LogP contribution < -0.4 is 5.73 Å². The van der Waals surface area contributed by atoms with Crippen LogP contribution in [-0.2, 0) is 4.79 Å². The van der Waals surface area contributed by atoms with Crippen LogP contribution in [0, 0.1) is 0 Å². The van der Waals surface area contributed by atoms with Gasteiger partial charge in [0, 0.05) is 12.6 Å². The van der Waals surface area contributed by atoms with Crippen LogP contribution in [0.4, 0.5) is 0 Å². The lowest BCUT2D eigenvalue weighted by atomic mass is 9.97. The summed E-state index contributed by atoms with van der Waals surface area (Å²) < 4.78 is 0. The molecular weight excluding hydrogens is 242 g/mol. The van der Waals surface area contributed by atoms with Gasteiger partial charge in [-0.05, 0) is 52.4 Å². The van der Waals surface area contributed by atoms with Crippen LogP contribution in [0.3, 0.4) is 0 Å². The summed E-state index contributed by atoms with van der Waals surface area (Å²) in [7, 11) is 0. The molecule has 5 nitrogen and oxygen atoms in total. The number of likely N-dealkylation sites (N-methyl/N-ethyl adjacent to an activating group) is 1. The summed E-state index contributed by atoms with van der Waals surface area (Å²) in [5, 5.41) is 8.97. The molecule has 1 fully saturated rings. The minimum absolute atomic E-state index is 0.536. The van der Waals surface area contributed by atoms with Gasteiger partial charge < -0.3 is 15.7 Å². The maximum atomic E-state index is 10.9. The van der Waals surface area contributed by atoms with E-state index in [1.165, 1.54) is 6.42 Å². The van der Waals surface area contributed by atoms with Gasteiger partial charge >= 0.3 is 5.97 Å². The van der Waals surface area contributed by atoms with Crippen LogP contribution in [-0.4, -0.2) is 65.2 Å². The molecule has 1 saturated heterocycles. The molecule has 0 aliphatic carbocycles. The van der Waals surface area contributed by atoms with Gasteiger partial charge in [0.1, 0.15) is 5.54 Å². The SMILES string of the molecule is CCN(CC)C1CCN(CCCC(C)(N)C(=O)O)C1. The molecular formula is C14H29N3O2. The Morgan fingerprint density at radius 2 is 2.11 bits per heavy atom. The fourth-order valence-electron chi connectivity index (χ4n) is 2.83. The lowest BCUT2D eigenvalue weighted by Crippen LogP contribution is -2.45. The summed E-state index contributed by atoms with van der Waals surface area (Å²) in [5.74, 6) is -0.907. The molecule has 0 aromatic carbocycles. The molecule has 1 aliphatic rings. The van der Waals surface area contributed by atoms with Gasteiger partial charge in [-0.3, -0.25) is 9.69 Å². The Morgan fingerprint density at radius 3 is 2.63 bits per heavy atom. The van der Waals surface area contributed by atoms with Crippen LogP contribution in [0.1, 0.15) is 40.0 Å². The number of carboxylic acid groups (broad SMARTS) is 1. The van der Waals surface area contributed by atoms with Gasteiger partial charge in [0.25, 0.3) is 0 Å². The summed E-state index contributed by atoms with van der Waals surface area (Å²) >= 11 is 0. The molecule has 1 rings (SSSR count). The Balaban J connectivity index is 2.28. The summed E-state index contributed by atoms with van der Waals surface area (Å²) in [6, 6.07) is 0.665. The van der Waals surface area contributed by atoms with Crippen molar-refractivity contribution in [3.63, 3.8) is 0 Å². The predicted octanol–water partition coefficient (Wildman–Crippen LogP) is 0.985. The molecule has 0 aromatic heterocycles. The normalized spacial score (nSPS) is 23.7. The van der Waals surface area contributed by atoms with Crippen LogP contribution in [0.25, 0.3) is 0 Å². The summed E-state index contributed by atoms with van der Waals surface area (Å²) in [6.45, 7) is 11.4. The molecule has 3 N–H and O–H groups in total. The lowest BCUT2D eigenvalue weighted by Gasteiger charge is -2.26. The summed E-state index contributed by atoms with van der Waals surface area (Å²) in [4.78, 5) is 15.9. The second-order valence-electron chi connectivity index (χ2n) is 5.79. The molecule has 0 amide bonds. The van der Waals surface area contributed by atoms with Crippen molar-refractivity contribution in [3.05, 3.63) is 0 Å². The van der Waals surface area contributed by atoms with Gasteiger partial charge in [-0.25, -0.2) is 0 Å². The average molecular weight is 271 g/mol. The zero-order valence-electron chi connectivity index (χ0n) is 12.6. The van der Waals surface area contributed by atoms with Gasteiger partial charge in [-0.1, -0.05) is 13.8 Å². The van der Waals surface area contributed by atoms with E-state index in [0.717, 1.165) is 39.1 Å². The molecule has 0 aromatic rings. The number of likely N-dealkylation sites (tertiary alicyclic amines) is 1. The molecule has 0 bridgehead atoms. The number of nitrogens with zero attached hydrogens (tertiary/aromatic N) is 2. The predicted molar refractivity (Wildman–Crippen MR) is 77.2 cm³/mol. The molecule has 0 spiro atoms. The Bertz CT molecular complexity index is 290. The average Bonchev–Trinajstić information content (AvgIpc) is 2.79. The first-order valence-corrected chi connectivity index (χ1v) is 7.39. The van der Waals surface area contributed by atoms with Crippen molar-refractivity contribution in [3.8, 4) is 0 Å². The van der Waals surface area contributed by atoms with Gasteiger partial charge in [0.2, 0.25) is 0 Å². The maximum Gasteiger partial charge on any atom is 0.323 e. The monoisotopic (exact) mass is 271 g/mol. The largest absolute Gasteiger partial charge is 0.480 e. The van der Waals surface area contributed by atoms with E-state index in [1.807, 2.05) is 0 Å². The lowest BCUT2D eigenvalue weighted by molar-refractivity contribution is -0.142. The molecule has 112 valence electrons. The van der Waals surface area contributed by atoms with Crippen molar-refractivity contribution in [2.75, 3.05) is 32.7 Å². The van der Waals surface area contributed by atoms with Crippen LogP contribution in [0.2, 0.25) is 0 Å². The molecule has 1 heterocycles. The number of nitrogens with two attached hydrogens (primary N) is 1. The van der Waals surface area contributed by atoms with Crippen LogP contribution in [0.5, 0.6) is 0 Å². The molecule has 5 heteroatoms. The molecule has 2 atom stereocenters. The van der Waals surface area contributed by atoms with E-state index in [9.17, 15) is 4.79 Å². The molecule has 2 unspecified atom stereocenters. The number of rotatable bonds is 8. The van der Waals surface area contributed by atoms with E-state index in [-0.39, 0.29) is 0 Å². The maximum absolute atomic E-state index is 10.9. The number of aliphatic carboxylic acids is 1. The van der Waals surface area contributed by atoms with Gasteiger partial charge in [-0.15, -0.1) is 0 Å². The highest BCUT2D eigenvalue weighted by Crippen LogP contribution is 2.17. The summed E-state index contributed by atoms with van der Waals surface area (Å²) in [5.41, 5.74) is 4.65. The smallest absolute Gasteiger partial charge is 0.323 e. The Morgan fingerprint density at radius 1 is 1.47 bits per heavy atom. The van der Waals surface area contributed by atoms with Crippen molar-refractivity contribution in [1.29, 1.82) is 0 Å². The highest BCUT2D eigenvalue weighted by Gasteiger charge is 2.29. The van der Waals surface area contributed by atoms with E-state index in [1.54, 1.807) is 6.92 Å². The fraction of sp³-hybridized carbons (Fsp3) is 0.929. The third kappa shape index (κ3) is 4.75. The molecule has 19 heavy (non-hydrogen) atoms. The second-order valence-corrected chi connectivity index (χ2v) is 5.79. The zero-order valence-corrected chi connectivity index (χ0v) is 12.6. The first kappa shape index (κ1) is 16.4. The first-order valence-electron chi connectivity index (χ1n) is 7.39. The third-order valence-corrected chi connectivity index (χ3v) is 4.24. The number of hydrogen-bond donors (Lipinski definition) is 2. The number of carbonyl (C=O) groups is 1. The second kappa shape index (κ2) is 7.22. The minimum atomic E-state index is -1.09.